The van der Waals surface area contributed by atoms with Crippen molar-refractivity contribution in [3.8, 4) is 0 Å². The Kier molecular flexibility index (Phi) is 1.38. The molecule has 64 valence electrons. The van der Waals surface area contributed by atoms with E-state index in [-0.39, 0.29) is 0 Å². The van der Waals surface area contributed by atoms with Gasteiger partial charge in [-0.2, -0.15) is 4.39 Å². The summed E-state index contributed by atoms with van der Waals surface area (Å²) in [4.78, 5) is -4.19. The number of alkyl halides is 2. The summed E-state index contributed by atoms with van der Waals surface area (Å²) in [6.07, 6.45) is -4.97. The summed E-state index contributed by atoms with van der Waals surface area (Å²) < 4.78 is 60.7. The van der Waals surface area contributed by atoms with Crippen LogP contribution < -0.4 is 0 Å². The average molecular weight is 175 g/mol. The van der Waals surface area contributed by atoms with Gasteiger partial charge in [-0.15, -0.1) is 8.78 Å². The third kappa shape index (κ3) is 0.873. The Balaban J connectivity index is 3.05. The van der Waals surface area contributed by atoms with Gasteiger partial charge in [0.2, 0.25) is 6.20 Å². The van der Waals surface area contributed by atoms with Crippen LogP contribution >= 0.6 is 0 Å². The largest absolute Gasteiger partial charge is 0.567 e. The lowest BCUT2D eigenvalue weighted by molar-refractivity contribution is -1.19. The van der Waals surface area contributed by atoms with Crippen molar-refractivity contribution >= 4 is 0 Å². The number of quaternary nitrogens is 1. The summed E-state index contributed by atoms with van der Waals surface area (Å²) in [7, 11) is 0.547. The second-order valence-corrected chi connectivity index (χ2v) is 2.08. The van der Waals surface area contributed by atoms with E-state index in [1.807, 2.05) is 0 Å². The van der Waals surface area contributed by atoms with Crippen LogP contribution in [0.2, 0.25) is 0 Å². The number of nitrogens with zero attached hydrogens (tertiary/aromatic N) is 2. The van der Waals surface area contributed by atoms with E-state index in [1.54, 1.807) is 0 Å². The lowest BCUT2D eigenvalue weighted by Gasteiger charge is -2.18. The first kappa shape index (κ1) is 8.25. The first-order valence-electron chi connectivity index (χ1n) is 2.57. The van der Waals surface area contributed by atoms with Crippen molar-refractivity contribution in [1.29, 1.82) is 0 Å². The number of rotatable bonds is 0. The van der Waals surface area contributed by atoms with Crippen LogP contribution in [-0.4, -0.2) is 23.0 Å². The highest BCUT2D eigenvalue weighted by molar-refractivity contribution is 4.90. The molecule has 0 saturated carbocycles. The molecule has 0 N–H and O–H groups in total. The highest BCUT2D eigenvalue weighted by atomic mass is 19.4. The van der Waals surface area contributed by atoms with Crippen molar-refractivity contribution in [1.82, 2.24) is 4.90 Å². The minimum absolute atomic E-state index is 0.424. The maximum absolute atomic E-state index is 12.2. The van der Waals surface area contributed by atoms with Gasteiger partial charge in [0.15, 0.2) is 4.93 Å². The third-order valence-corrected chi connectivity index (χ3v) is 1.35. The minimum Gasteiger partial charge on any atom is -0.228 e. The Morgan fingerprint density at radius 1 is 1.45 bits per heavy atom. The van der Waals surface area contributed by atoms with Crippen molar-refractivity contribution in [2.45, 2.75) is 6.17 Å². The van der Waals surface area contributed by atoms with E-state index in [9.17, 15) is 22.1 Å². The summed E-state index contributed by atoms with van der Waals surface area (Å²) in [5, 5.41) is 0. The van der Waals surface area contributed by atoms with Crippen LogP contribution in [-0.2, 0) is 0 Å². The van der Waals surface area contributed by atoms with Gasteiger partial charge in [0.05, 0.1) is 8.96 Å². The smallest absolute Gasteiger partial charge is 0.228 e. The molecule has 2 nitrogen and oxygen atoms in total. The summed E-state index contributed by atoms with van der Waals surface area (Å²) in [5.74, 6) is -1.64. The molecule has 1 heterocycles. The van der Waals surface area contributed by atoms with E-state index in [4.69, 9.17) is 0 Å². The van der Waals surface area contributed by atoms with Gasteiger partial charge >= 0.3 is 6.17 Å². The molecule has 0 saturated heterocycles. The maximum Gasteiger partial charge on any atom is 0.567 e. The molecule has 0 aromatic heterocycles. The van der Waals surface area contributed by atoms with Crippen molar-refractivity contribution in [2.24, 2.45) is 0 Å². The van der Waals surface area contributed by atoms with Gasteiger partial charge in [0.1, 0.15) is 0 Å². The van der Waals surface area contributed by atoms with Gasteiger partial charge in [0.25, 0.3) is 5.95 Å². The summed E-state index contributed by atoms with van der Waals surface area (Å²) in [5.41, 5.74) is 0. The molecule has 0 unspecified atom stereocenters. The fraction of sp³-hybridized carbons (Fsp3) is 0.500. The van der Waals surface area contributed by atoms with E-state index in [0.717, 1.165) is 0 Å². The van der Waals surface area contributed by atoms with Gasteiger partial charge in [-0.3, -0.25) is 0 Å². The normalized spacial score (nSPS) is 27.1. The quantitative estimate of drug-likeness (QED) is 0.308. The maximum atomic E-state index is 12.2. The monoisotopic (exact) mass is 175 g/mol. The van der Waals surface area contributed by atoms with E-state index in [0.29, 0.717) is 7.05 Å². The summed E-state index contributed by atoms with van der Waals surface area (Å²) in [6.45, 7) is 0. The molecule has 0 atom stereocenters. The van der Waals surface area contributed by atoms with Crippen molar-refractivity contribution in [3.63, 3.8) is 0 Å². The summed E-state index contributed by atoms with van der Waals surface area (Å²) >= 11 is 0. The molecule has 0 radical (unpaired) electrons. The van der Waals surface area contributed by atoms with Crippen molar-refractivity contribution in [3.05, 3.63) is 12.2 Å². The lowest BCUT2D eigenvalue weighted by Crippen LogP contribution is -2.48. The van der Waals surface area contributed by atoms with Crippen molar-refractivity contribution < 1.29 is 27.1 Å². The highest BCUT2D eigenvalue weighted by Crippen LogP contribution is 2.42. The molecule has 0 amide bonds. The predicted octanol–water partition coefficient (Wildman–Crippen LogP) is 1.84. The predicted molar refractivity (Wildman–Crippen MR) is 24.4 cm³/mol. The second-order valence-electron chi connectivity index (χ2n) is 2.08. The molecule has 0 fully saturated rings. The summed E-state index contributed by atoms with van der Waals surface area (Å²) in [6, 6.07) is 0. The number of halogens is 5. The zero-order chi connectivity index (χ0) is 8.86. The van der Waals surface area contributed by atoms with Crippen LogP contribution in [0.4, 0.5) is 22.1 Å². The van der Waals surface area contributed by atoms with Crippen molar-refractivity contribution in [2.75, 3.05) is 7.05 Å². The third-order valence-electron chi connectivity index (χ3n) is 1.35. The molecule has 0 aromatic rings. The number of hydrogen-bond acceptors (Lipinski definition) is 1. The fourth-order valence-electron chi connectivity index (χ4n) is 0.627. The van der Waals surface area contributed by atoms with Crippen LogP contribution in [0.25, 0.3) is 0 Å². The second kappa shape index (κ2) is 1.84. The fourth-order valence-corrected chi connectivity index (χ4v) is 0.627. The molecule has 1 rings (SSSR count). The van der Waals surface area contributed by atoms with Crippen LogP contribution in [0.3, 0.4) is 0 Å². The van der Waals surface area contributed by atoms with Crippen LogP contribution in [0.1, 0.15) is 0 Å². The molecule has 0 aromatic carbocycles. The molecular formula is C4H4F5N2+. The van der Waals surface area contributed by atoms with Gasteiger partial charge < -0.3 is 0 Å². The molecule has 7 heteroatoms. The van der Waals surface area contributed by atoms with E-state index >= 15 is 0 Å². The SMILES string of the molecule is CN1C(F)=C[N+](F)(F)C1(F)F. The van der Waals surface area contributed by atoms with E-state index < -0.39 is 28.1 Å². The molecule has 11 heavy (non-hydrogen) atoms. The van der Waals surface area contributed by atoms with E-state index in [2.05, 4.69) is 0 Å². The first-order chi connectivity index (χ1) is 4.79. The number of hydrogen-bond donors (Lipinski definition) is 0. The van der Waals surface area contributed by atoms with Crippen LogP contribution in [0, 0.1) is 0 Å². The van der Waals surface area contributed by atoms with E-state index in [1.165, 1.54) is 0 Å². The van der Waals surface area contributed by atoms with Gasteiger partial charge in [-0.25, -0.2) is 4.90 Å². The topological polar surface area (TPSA) is 3.24 Å². The molecule has 1 aliphatic rings. The molecule has 0 spiro atoms. The van der Waals surface area contributed by atoms with Gasteiger partial charge in [-0.1, -0.05) is 0 Å². The van der Waals surface area contributed by atoms with Crippen LogP contribution in [0.15, 0.2) is 12.2 Å². The Morgan fingerprint density at radius 2 is 1.91 bits per heavy atom. The highest BCUT2D eigenvalue weighted by Gasteiger charge is 2.69. The Bertz CT molecular complexity index is 211. The van der Waals surface area contributed by atoms with Gasteiger partial charge in [0, 0.05) is 7.05 Å². The molecule has 1 aliphatic heterocycles. The molecule has 0 aliphatic carbocycles. The van der Waals surface area contributed by atoms with Crippen LogP contribution in [0.5, 0.6) is 0 Å². The molecular weight excluding hydrogens is 171 g/mol. The average Bonchev–Trinajstić information content (AvgIpc) is 1.93. The lowest BCUT2D eigenvalue weighted by atomic mass is 10.8. The Labute approximate surface area is 58.6 Å². The molecule has 0 bridgehead atoms. The standard InChI is InChI=1S/C4H4F5N2/c1-10-3(5)2-11(8,9)4(10,6)7/h2H,1H3/q+1. The zero-order valence-electron chi connectivity index (χ0n) is 5.36. The van der Waals surface area contributed by atoms with Gasteiger partial charge in [-0.05, 0) is 0 Å². The zero-order valence-corrected chi connectivity index (χ0v) is 5.36. The Hall–Kier alpha value is -0.850. The Morgan fingerprint density at radius 3 is 2.00 bits per heavy atom. The minimum atomic E-state index is -4.51. The first-order valence-corrected chi connectivity index (χ1v) is 2.57.